The van der Waals surface area contributed by atoms with Gasteiger partial charge in [-0.3, -0.25) is 4.79 Å². The fourth-order valence-corrected chi connectivity index (χ4v) is 2.03. The molecule has 92 valence electrons. The quantitative estimate of drug-likeness (QED) is 0.761. The zero-order valence-corrected chi connectivity index (χ0v) is 10.9. The van der Waals surface area contributed by atoms with Gasteiger partial charge in [-0.1, -0.05) is 29.3 Å². The molecular weight excluding hydrogens is 259 g/mol. The zero-order valence-electron chi connectivity index (χ0n) is 9.42. The van der Waals surface area contributed by atoms with E-state index in [0.29, 0.717) is 35.4 Å². The first kappa shape index (κ1) is 12.7. The lowest BCUT2D eigenvalue weighted by Gasteiger charge is -2.05. The van der Waals surface area contributed by atoms with E-state index in [0.717, 1.165) is 5.56 Å². The van der Waals surface area contributed by atoms with Gasteiger partial charge in [0.2, 0.25) is 0 Å². The van der Waals surface area contributed by atoms with E-state index < -0.39 is 0 Å². The predicted molar refractivity (Wildman–Crippen MR) is 68.5 cm³/mol. The fraction of sp³-hybridized carbons (Fsp3) is 0.462. The highest BCUT2D eigenvalue weighted by molar-refractivity contribution is 6.35. The van der Waals surface area contributed by atoms with Crippen LogP contribution in [0.3, 0.4) is 0 Å². The number of benzene rings is 1. The second-order valence-corrected chi connectivity index (χ2v) is 5.21. The van der Waals surface area contributed by atoms with Crippen molar-refractivity contribution in [3.8, 4) is 0 Å². The molecule has 1 aromatic carbocycles. The number of hydrogen-bond donors (Lipinski definition) is 0. The predicted octanol–water partition coefficient (Wildman–Crippen LogP) is 3.88. The Hall–Kier alpha value is -0.730. The molecule has 4 heteroatoms. The zero-order chi connectivity index (χ0) is 12.3. The molecule has 0 saturated heterocycles. The topological polar surface area (TPSA) is 26.3 Å². The van der Waals surface area contributed by atoms with E-state index in [1.54, 1.807) is 12.1 Å². The Kier molecular flexibility index (Phi) is 4.30. The molecule has 0 aromatic heterocycles. The van der Waals surface area contributed by atoms with Gasteiger partial charge in [0, 0.05) is 16.5 Å². The summed E-state index contributed by atoms with van der Waals surface area (Å²) in [6.07, 6.45) is 3.35. The van der Waals surface area contributed by atoms with E-state index in [4.69, 9.17) is 27.9 Å². The Labute approximate surface area is 111 Å². The van der Waals surface area contributed by atoms with Crippen molar-refractivity contribution in [3.63, 3.8) is 0 Å². The summed E-state index contributed by atoms with van der Waals surface area (Å²) in [5.74, 6) is 0.459. The van der Waals surface area contributed by atoms with Crippen LogP contribution in [0.2, 0.25) is 10.0 Å². The van der Waals surface area contributed by atoms with E-state index in [9.17, 15) is 4.79 Å². The third-order valence-corrected chi connectivity index (χ3v) is 3.38. The van der Waals surface area contributed by atoms with Gasteiger partial charge in [0.15, 0.2) is 0 Å². The van der Waals surface area contributed by atoms with Crippen molar-refractivity contribution in [2.75, 3.05) is 6.61 Å². The number of halogens is 2. The Morgan fingerprint density at radius 1 is 1.35 bits per heavy atom. The van der Waals surface area contributed by atoms with Crippen LogP contribution in [-0.4, -0.2) is 12.6 Å². The summed E-state index contributed by atoms with van der Waals surface area (Å²) in [4.78, 5) is 11.4. The standard InChI is InChI=1S/C13H14Cl2O2/c14-11-5-3-10(12(15)7-11)4-6-13(16)17-8-9-1-2-9/h3,5,7,9H,1-2,4,6,8H2. The summed E-state index contributed by atoms with van der Waals surface area (Å²) < 4.78 is 5.14. The van der Waals surface area contributed by atoms with Crippen molar-refractivity contribution in [1.29, 1.82) is 0 Å². The van der Waals surface area contributed by atoms with Crippen LogP contribution in [0, 0.1) is 5.92 Å². The monoisotopic (exact) mass is 272 g/mol. The molecule has 0 unspecified atom stereocenters. The highest BCUT2D eigenvalue weighted by atomic mass is 35.5. The van der Waals surface area contributed by atoms with E-state index >= 15 is 0 Å². The van der Waals surface area contributed by atoms with Gasteiger partial charge in [-0.15, -0.1) is 0 Å². The molecule has 0 spiro atoms. The maximum absolute atomic E-state index is 11.4. The molecule has 1 fully saturated rings. The number of ether oxygens (including phenoxy) is 1. The van der Waals surface area contributed by atoms with Crippen LogP contribution in [-0.2, 0) is 16.0 Å². The summed E-state index contributed by atoms with van der Waals surface area (Å²) in [7, 11) is 0. The molecule has 2 rings (SSSR count). The van der Waals surface area contributed by atoms with Crippen LogP contribution in [0.5, 0.6) is 0 Å². The van der Waals surface area contributed by atoms with Gasteiger partial charge < -0.3 is 4.74 Å². The summed E-state index contributed by atoms with van der Waals surface area (Å²) in [6, 6.07) is 5.31. The molecule has 0 atom stereocenters. The van der Waals surface area contributed by atoms with Crippen molar-refractivity contribution in [3.05, 3.63) is 33.8 Å². The highest BCUT2D eigenvalue weighted by Crippen LogP contribution is 2.29. The molecule has 0 radical (unpaired) electrons. The molecule has 0 bridgehead atoms. The number of carbonyl (C=O) groups excluding carboxylic acids is 1. The van der Waals surface area contributed by atoms with Crippen LogP contribution in [0.25, 0.3) is 0 Å². The second-order valence-electron chi connectivity index (χ2n) is 4.36. The SMILES string of the molecule is O=C(CCc1ccc(Cl)cc1Cl)OCC1CC1. The van der Waals surface area contributed by atoms with Crippen LogP contribution >= 0.6 is 23.2 Å². The van der Waals surface area contributed by atoms with Crippen LogP contribution in [0.4, 0.5) is 0 Å². The number of hydrogen-bond acceptors (Lipinski definition) is 2. The van der Waals surface area contributed by atoms with Gasteiger partial charge in [-0.25, -0.2) is 0 Å². The average molecular weight is 273 g/mol. The summed E-state index contributed by atoms with van der Waals surface area (Å²) in [6.45, 7) is 0.577. The van der Waals surface area contributed by atoms with Crippen LogP contribution < -0.4 is 0 Å². The number of rotatable bonds is 5. The maximum atomic E-state index is 11.4. The van der Waals surface area contributed by atoms with Gasteiger partial charge in [0.05, 0.1) is 6.61 Å². The fourth-order valence-electron chi connectivity index (χ4n) is 1.53. The minimum atomic E-state index is -0.150. The molecule has 0 aliphatic heterocycles. The Morgan fingerprint density at radius 3 is 2.76 bits per heavy atom. The first-order valence-corrected chi connectivity index (χ1v) is 6.50. The van der Waals surface area contributed by atoms with Crippen LogP contribution in [0.15, 0.2) is 18.2 Å². The summed E-state index contributed by atoms with van der Waals surface area (Å²) in [5.41, 5.74) is 0.930. The summed E-state index contributed by atoms with van der Waals surface area (Å²) >= 11 is 11.8. The number of aryl methyl sites for hydroxylation is 1. The molecule has 1 aliphatic rings. The molecule has 17 heavy (non-hydrogen) atoms. The maximum Gasteiger partial charge on any atom is 0.306 e. The van der Waals surface area contributed by atoms with Gasteiger partial charge in [0.25, 0.3) is 0 Å². The minimum absolute atomic E-state index is 0.150. The van der Waals surface area contributed by atoms with Crippen molar-refractivity contribution in [1.82, 2.24) is 0 Å². The molecule has 0 N–H and O–H groups in total. The molecule has 1 saturated carbocycles. The van der Waals surface area contributed by atoms with Gasteiger partial charge >= 0.3 is 5.97 Å². The molecule has 1 aromatic rings. The molecule has 1 aliphatic carbocycles. The molecular formula is C13H14Cl2O2. The van der Waals surface area contributed by atoms with Crippen molar-refractivity contribution >= 4 is 29.2 Å². The highest BCUT2D eigenvalue weighted by Gasteiger charge is 2.22. The number of esters is 1. The average Bonchev–Trinajstić information content (AvgIpc) is 3.09. The van der Waals surface area contributed by atoms with Gasteiger partial charge in [0.1, 0.15) is 0 Å². The third kappa shape index (κ3) is 4.21. The van der Waals surface area contributed by atoms with E-state index in [2.05, 4.69) is 0 Å². The van der Waals surface area contributed by atoms with Crippen molar-refractivity contribution in [2.45, 2.75) is 25.7 Å². The number of carbonyl (C=O) groups is 1. The Morgan fingerprint density at radius 2 is 2.12 bits per heavy atom. The Bertz CT molecular complexity index is 414. The van der Waals surface area contributed by atoms with Crippen LogP contribution in [0.1, 0.15) is 24.8 Å². The summed E-state index contributed by atoms with van der Waals surface area (Å²) in [5, 5.41) is 1.21. The lowest BCUT2D eigenvalue weighted by atomic mass is 10.1. The molecule has 0 heterocycles. The molecule has 2 nitrogen and oxygen atoms in total. The smallest absolute Gasteiger partial charge is 0.306 e. The van der Waals surface area contributed by atoms with Gasteiger partial charge in [-0.05, 0) is 42.9 Å². The normalized spacial score (nSPS) is 14.7. The first-order valence-electron chi connectivity index (χ1n) is 5.74. The second kappa shape index (κ2) is 5.74. The van der Waals surface area contributed by atoms with Gasteiger partial charge in [-0.2, -0.15) is 0 Å². The first-order chi connectivity index (χ1) is 8.15. The molecule has 0 amide bonds. The lowest BCUT2D eigenvalue weighted by Crippen LogP contribution is -2.08. The van der Waals surface area contributed by atoms with E-state index in [1.165, 1.54) is 12.8 Å². The van der Waals surface area contributed by atoms with E-state index in [-0.39, 0.29) is 5.97 Å². The van der Waals surface area contributed by atoms with E-state index in [1.807, 2.05) is 6.07 Å². The van der Waals surface area contributed by atoms with Crippen molar-refractivity contribution < 1.29 is 9.53 Å². The Balaban J connectivity index is 1.77. The lowest BCUT2D eigenvalue weighted by molar-refractivity contribution is -0.144. The largest absolute Gasteiger partial charge is 0.465 e. The third-order valence-electron chi connectivity index (χ3n) is 2.79. The minimum Gasteiger partial charge on any atom is -0.465 e. The van der Waals surface area contributed by atoms with Crippen molar-refractivity contribution in [2.24, 2.45) is 5.92 Å².